The van der Waals surface area contributed by atoms with Crippen molar-refractivity contribution in [2.24, 2.45) is 0 Å². The first kappa shape index (κ1) is 17.4. The summed E-state index contributed by atoms with van der Waals surface area (Å²) in [6, 6.07) is 10.1. The number of amides is 1. The Morgan fingerprint density at radius 3 is 2.54 bits per heavy atom. The second kappa shape index (κ2) is 7.54. The van der Waals surface area contributed by atoms with Crippen LogP contribution in [-0.2, 0) is 4.79 Å². The zero-order valence-electron chi connectivity index (χ0n) is 13.4. The van der Waals surface area contributed by atoms with Crippen molar-refractivity contribution in [3.63, 3.8) is 0 Å². The summed E-state index contributed by atoms with van der Waals surface area (Å²) in [5, 5.41) is 16.5. The number of rotatable bonds is 6. The standard InChI is InChI=1S/C17H18FN3O3/c1-11-3-8-15(21(23)24)9-16(11)19-10-17(22)20-12(2)13-4-6-14(18)7-5-13/h3-9,12,19H,10H2,1-2H3,(H,20,22). The monoisotopic (exact) mass is 331 g/mol. The lowest BCUT2D eigenvalue weighted by Crippen LogP contribution is -2.32. The maximum absolute atomic E-state index is 12.9. The minimum Gasteiger partial charge on any atom is -0.376 e. The maximum Gasteiger partial charge on any atom is 0.271 e. The molecule has 0 heterocycles. The van der Waals surface area contributed by atoms with Gasteiger partial charge in [0.1, 0.15) is 5.82 Å². The smallest absolute Gasteiger partial charge is 0.271 e. The summed E-state index contributed by atoms with van der Waals surface area (Å²) in [4.78, 5) is 22.3. The van der Waals surface area contributed by atoms with Gasteiger partial charge in [0.2, 0.25) is 5.91 Å². The number of hydrogen-bond donors (Lipinski definition) is 2. The van der Waals surface area contributed by atoms with Crippen LogP contribution < -0.4 is 10.6 Å². The molecule has 0 aromatic heterocycles. The first-order valence-corrected chi connectivity index (χ1v) is 7.40. The van der Waals surface area contributed by atoms with Crippen molar-refractivity contribution in [1.82, 2.24) is 5.32 Å². The Bertz CT molecular complexity index is 747. The van der Waals surface area contributed by atoms with Crippen LogP contribution in [0.4, 0.5) is 15.8 Å². The van der Waals surface area contributed by atoms with Crippen molar-refractivity contribution in [1.29, 1.82) is 0 Å². The Morgan fingerprint density at radius 2 is 1.92 bits per heavy atom. The summed E-state index contributed by atoms with van der Waals surface area (Å²) in [5.74, 6) is -0.599. The number of nitrogens with zero attached hydrogens (tertiary/aromatic N) is 1. The van der Waals surface area contributed by atoms with Gasteiger partial charge in [0.05, 0.1) is 17.5 Å². The second-order valence-corrected chi connectivity index (χ2v) is 5.45. The summed E-state index contributed by atoms with van der Waals surface area (Å²) >= 11 is 0. The predicted molar refractivity (Wildman–Crippen MR) is 89.3 cm³/mol. The SMILES string of the molecule is Cc1ccc([N+](=O)[O-])cc1NCC(=O)NC(C)c1ccc(F)cc1. The average Bonchev–Trinajstić information content (AvgIpc) is 2.54. The maximum atomic E-state index is 12.9. The second-order valence-electron chi connectivity index (χ2n) is 5.45. The van der Waals surface area contributed by atoms with Gasteiger partial charge in [0.25, 0.3) is 5.69 Å². The van der Waals surface area contributed by atoms with E-state index < -0.39 is 4.92 Å². The molecule has 2 rings (SSSR count). The van der Waals surface area contributed by atoms with Crippen molar-refractivity contribution in [2.75, 3.05) is 11.9 Å². The van der Waals surface area contributed by atoms with Crippen molar-refractivity contribution in [2.45, 2.75) is 19.9 Å². The van der Waals surface area contributed by atoms with E-state index in [1.807, 2.05) is 0 Å². The first-order valence-electron chi connectivity index (χ1n) is 7.40. The highest BCUT2D eigenvalue weighted by molar-refractivity contribution is 5.81. The van der Waals surface area contributed by atoms with Crippen LogP contribution in [-0.4, -0.2) is 17.4 Å². The Balaban J connectivity index is 1.94. The molecule has 1 amide bonds. The molecule has 2 aromatic carbocycles. The van der Waals surface area contributed by atoms with Crippen LogP contribution in [0.1, 0.15) is 24.1 Å². The predicted octanol–water partition coefficient (Wildman–Crippen LogP) is 3.33. The molecule has 0 bridgehead atoms. The minimum absolute atomic E-state index is 0.0203. The Morgan fingerprint density at radius 1 is 1.25 bits per heavy atom. The number of nitro benzene ring substituents is 1. The molecule has 0 aliphatic heterocycles. The van der Waals surface area contributed by atoms with Crippen LogP contribution in [0, 0.1) is 22.9 Å². The van der Waals surface area contributed by atoms with Gasteiger partial charge >= 0.3 is 0 Å². The van der Waals surface area contributed by atoms with Crippen LogP contribution in [0.2, 0.25) is 0 Å². The van der Waals surface area contributed by atoms with Gasteiger partial charge in [0, 0.05) is 17.8 Å². The van der Waals surface area contributed by atoms with Crippen LogP contribution in [0.3, 0.4) is 0 Å². The molecule has 2 aromatic rings. The number of aryl methyl sites for hydroxylation is 1. The lowest BCUT2D eigenvalue weighted by molar-refractivity contribution is -0.384. The van der Waals surface area contributed by atoms with Gasteiger partial charge in [0.15, 0.2) is 0 Å². The Kier molecular flexibility index (Phi) is 5.47. The topological polar surface area (TPSA) is 84.3 Å². The number of non-ortho nitro benzene ring substituents is 1. The van der Waals surface area contributed by atoms with Crippen LogP contribution >= 0.6 is 0 Å². The average molecular weight is 331 g/mol. The third kappa shape index (κ3) is 4.52. The largest absolute Gasteiger partial charge is 0.376 e. The fourth-order valence-corrected chi connectivity index (χ4v) is 2.22. The molecule has 7 heteroatoms. The Hall–Kier alpha value is -2.96. The minimum atomic E-state index is -0.485. The van der Waals surface area contributed by atoms with E-state index >= 15 is 0 Å². The molecule has 0 saturated heterocycles. The van der Waals surface area contributed by atoms with Crippen molar-refractivity contribution < 1.29 is 14.1 Å². The molecule has 1 atom stereocenters. The van der Waals surface area contributed by atoms with Crippen molar-refractivity contribution in [3.05, 3.63) is 69.5 Å². The van der Waals surface area contributed by atoms with E-state index in [0.29, 0.717) is 5.69 Å². The van der Waals surface area contributed by atoms with E-state index in [4.69, 9.17) is 0 Å². The van der Waals surface area contributed by atoms with Crippen molar-refractivity contribution >= 4 is 17.3 Å². The van der Waals surface area contributed by atoms with Crippen molar-refractivity contribution in [3.8, 4) is 0 Å². The summed E-state index contributed by atoms with van der Waals surface area (Å²) < 4.78 is 12.9. The third-order valence-electron chi connectivity index (χ3n) is 3.62. The number of halogens is 1. The molecule has 0 fully saturated rings. The number of carbonyl (C=O) groups is 1. The highest BCUT2D eigenvalue weighted by atomic mass is 19.1. The molecule has 6 nitrogen and oxygen atoms in total. The van der Waals surface area contributed by atoms with E-state index in [-0.39, 0.29) is 30.0 Å². The number of nitrogens with one attached hydrogen (secondary N) is 2. The summed E-state index contributed by atoms with van der Waals surface area (Å²) in [6.45, 7) is 3.57. The van der Waals surface area contributed by atoms with Crippen LogP contribution in [0.25, 0.3) is 0 Å². The number of benzene rings is 2. The third-order valence-corrected chi connectivity index (χ3v) is 3.62. The Labute approximate surface area is 138 Å². The summed E-state index contributed by atoms with van der Waals surface area (Å²) in [5.41, 5.74) is 2.09. The molecular weight excluding hydrogens is 313 g/mol. The molecule has 0 aliphatic carbocycles. The van der Waals surface area contributed by atoms with Gasteiger partial charge in [-0.05, 0) is 37.1 Å². The van der Waals surface area contributed by atoms with Gasteiger partial charge in [-0.2, -0.15) is 0 Å². The lowest BCUT2D eigenvalue weighted by Gasteiger charge is -2.15. The highest BCUT2D eigenvalue weighted by Crippen LogP contribution is 2.21. The van der Waals surface area contributed by atoms with Gasteiger partial charge in [-0.1, -0.05) is 18.2 Å². The zero-order chi connectivity index (χ0) is 17.7. The van der Waals surface area contributed by atoms with Gasteiger partial charge < -0.3 is 10.6 Å². The van der Waals surface area contributed by atoms with E-state index in [0.717, 1.165) is 11.1 Å². The number of carbonyl (C=O) groups excluding carboxylic acids is 1. The van der Waals surface area contributed by atoms with Gasteiger partial charge in [-0.15, -0.1) is 0 Å². The van der Waals surface area contributed by atoms with E-state index in [1.54, 1.807) is 32.0 Å². The quantitative estimate of drug-likeness (QED) is 0.628. The number of anilines is 1. The first-order chi connectivity index (χ1) is 11.4. The molecule has 2 N–H and O–H groups in total. The molecule has 0 spiro atoms. The van der Waals surface area contributed by atoms with E-state index in [1.165, 1.54) is 24.3 Å². The van der Waals surface area contributed by atoms with E-state index in [9.17, 15) is 19.3 Å². The summed E-state index contributed by atoms with van der Waals surface area (Å²) in [7, 11) is 0. The highest BCUT2D eigenvalue weighted by Gasteiger charge is 2.12. The summed E-state index contributed by atoms with van der Waals surface area (Å²) in [6.07, 6.45) is 0. The van der Waals surface area contributed by atoms with E-state index in [2.05, 4.69) is 10.6 Å². The molecule has 24 heavy (non-hydrogen) atoms. The fourth-order valence-electron chi connectivity index (χ4n) is 2.22. The molecule has 1 unspecified atom stereocenters. The zero-order valence-corrected chi connectivity index (χ0v) is 13.4. The molecule has 0 aliphatic rings. The molecule has 0 radical (unpaired) electrons. The number of nitro groups is 1. The fraction of sp³-hybridized carbons (Fsp3) is 0.235. The van der Waals surface area contributed by atoms with Gasteiger partial charge in [-0.25, -0.2) is 4.39 Å². The molecular formula is C17H18FN3O3. The van der Waals surface area contributed by atoms with Crippen LogP contribution in [0.5, 0.6) is 0 Å². The molecule has 0 saturated carbocycles. The van der Waals surface area contributed by atoms with Gasteiger partial charge in [-0.3, -0.25) is 14.9 Å². The normalized spacial score (nSPS) is 11.6. The molecule has 126 valence electrons. The lowest BCUT2D eigenvalue weighted by atomic mass is 10.1. The van der Waals surface area contributed by atoms with Crippen LogP contribution in [0.15, 0.2) is 42.5 Å². The number of hydrogen-bond acceptors (Lipinski definition) is 4.